The summed E-state index contributed by atoms with van der Waals surface area (Å²) in [5.41, 5.74) is 1.34. The van der Waals surface area contributed by atoms with Gasteiger partial charge < -0.3 is 0 Å². The highest BCUT2D eigenvalue weighted by molar-refractivity contribution is 7.97. The lowest BCUT2D eigenvalue weighted by atomic mass is 10.2. The third-order valence-electron chi connectivity index (χ3n) is 2.74. The van der Waals surface area contributed by atoms with Gasteiger partial charge in [-0.3, -0.25) is 0 Å². The molecule has 0 bridgehead atoms. The van der Waals surface area contributed by atoms with Crippen LogP contribution in [-0.4, -0.2) is 5.75 Å². The van der Waals surface area contributed by atoms with Crippen LogP contribution in [0.1, 0.15) is 18.9 Å². The molecule has 0 heterocycles. The van der Waals surface area contributed by atoms with Gasteiger partial charge in [0.1, 0.15) is 5.75 Å². The maximum Gasteiger partial charge on any atom is 0.160 e. The first-order valence-electron chi connectivity index (χ1n) is 6.14. The minimum Gasteiger partial charge on any atom is -0.0619 e. The second kappa shape index (κ2) is 5.92. The van der Waals surface area contributed by atoms with Crippen LogP contribution in [0.5, 0.6) is 0 Å². The summed E-state index contributed by atoms with van der Waals surface area (Å²) < 4.78 is 0. The molecule has 0 aliphatic heterocycles. The van der Waals surface area contributed by atoms with Crippen LogP contribution in [0, 0.1) is 6.92 Å². The number of hydrogen-bond donors (Lipinski definition) is 0. The van der Waals surface area contributed by atoms with E-state index in [2.05, 4.69) is 68.4 Å². The van der Waals surface area contributed by atoms with E-state index in [0.717, 1.165) is 0 Å². The van der Waals surface area contributed by atoms with Crippen molar-refractivity contribution in [2.45, 2.75) is 30.1 Å². The summed E-state index contributed by atoms with van der Waals surface area (Å²) in [6.07, 6.45) is 1.23. The van der Waals surface area contributed by atoms with Gasteiger partial charge in [-0.25, -0.2) is 0 Å². The summed E-state index contributed by atoms with van der Waals surface area (Å²) in [5, 5.41) is 0. The molecule has 0 radical (unpaired) electrons. The van der Waals surface area contributed by atoms with Gasteiger partial charge in [0.05, 0.1) is 10.9 Å². The Balaban J connectivity index is 2.32. The van der Waals surface area contributed by atoms with Crippen molar-refractivity contribution in [1.82, 2.24) is 0 Å². The van der Waals surface area contributed by atoms with Crippen LogP contribution in [0.3, 0.4) is 0 Å². The first-order valence-corrected chi connectivity index (χ1v) is 7.53. The monoisotopic (exact) mass is 243 g/mol. The van der Waals surface area contributed by atoms with Gasteiger partial charge in [-0.1, -0.05) is 42.8 Å². The van der Waals surface area contributed by atoms with Crippen molar-refractivity contribution in [1.29, 1.82) is 0 Å². The molecular formula is C16H19S+. The molecule has 0 amide bonds. The molecule has 0 spiro atoms. The van der Waals surface area contributed by atoms with E-state index in [0.29, 0.717) is 0 Å². The zero-order valence-electron chi connectivity index (χ0n) is 10.5. The molecule has 1 unspecified atom stereocenters. The van der Waals surface area contributed by atoms with Crippen LogP contribution in [-0.2, 0) is 10.9 Å². The summed E-state index contributed by atoms with van der Waals surface area (Å²) in [5.74, 6) is 1.24. The first kappa shape index (κ1) is 12.3. The summed E-state index contributed by atoms with van der Waals surface area (Å²) >= 11 is 0. The second-order valence-corrected chi connectivity index (χ2v) is 6.35. The van der Waals surface area contributed by atoms with Gasteiger partial charge in [0.15, 0.2) is 9.79 Å². The fourth-order valence-corrected chi connectivity index (χ4v) is 3.97. The van der Waals surface area contributed by atoms with Crippen LogP contribution in [0.2, 0.25) is 0 Å². The minimum atomic E-state index is 0.240. The molecule has 2 aromatic carbocycles. The normalized spacial score (nSPS) is 12.4. The Hall–Kier alpha value is -1.21. The Morgan fingerprint density at radius 1 is 0.824 bits per heavy atom. The standard InChI is InChI=1S/C16H19S/c1-3-13-17(15-7-5-4-6-8-15)16-11-9-14(2)10-12-16/h4-12H,3,13H2,1-2H3/q+1. The van der Waals surface area contributed by atoms with Crippen molar-refractivity contribution in [2.75, 3.05) is 5.75 Å². The van der Waals surface area contributed by atoms with E-state index in [-0.39, 0.29) is 10.9 Å². The van der Waals surface area contributed by atoms with E-state index in [1.165, 1.54) is 27.5 Å². The van der Waals surface area contributed by atoms with Crippen molar-refractivity contribution in [3.63, 3.8) is 0 Å². The van der Waals surface area contributed by atoms with E-state index in [9.17, 15) is 0 Å². The molecule has 17 heavy (non-hydrogen) atoms. The van der Waals surface area contributed by atoms with Gasteiger partial charge in [-0.05, 0) is 37.6 Å². The molecule has 1 heteroatoms. The highest BCUT2D eigenvalue weighted by atomic mass is 32.2. The lowest BCUT2D eigenvalue weighted by Gasteiger charge is -2.07. The molecule has 0 nitrogen and oxygen atoms in total. The van der Waals surface area contributed by atoms with Crippen molar-refractivity contribution < 1.29 is 0 Å². The second-order valence-electron chi connectivity index (χ2n) is 4.22. The molecular weight excluding hydrogens is 224 g/mol. The minimum absolute atomic E-state index is 0.240. The van der Waals surface area contributed by atoms with Crippen molar-refractivity contribution in [2.24, 2.45) is 0 Å². The fraction of sp³-hybridized carbons (Fsp3) is 0.250. The topological polar surface area (TPSA) is 0 Å². The lowest BCUT2D eigenvalue weighted by Crippen LogP contribution is -2.08. The average Bonchev–Trinajstić information content (AvgIpc) is 2.38. The Labute approximate surface area is 107 Å². The van der Waals surface area contributed by atoms with Crippen molar-refractivity contribution in [3.05, 3.63) is 60.2 Å². The van der Waals surface area contributed by atoms with Gasteiger partial charge in [-0.15, -0.1) is 0 Å². The summed E-state index contributed by atoms with van der Waals surface area (Å²) in [4.78, 5) is 2.92. The van der Waals surface area contributed by atoms with Gasteiger partial charge in [0.2, 0.25) is 0 Å². The van der Waals surface area contributed by atoms with Gasteiger partial charge in [0, 0.05) is 0 Å². The zero-order valence-corrected chi connectivity index (χ0v) is 11.3. The van der Waals surface area contributed by atoms with Crippen LogP contribution in [0.4, 0.5) is 0 Å². The highest BCUT2D eigenvalue weighted by Crippen LogP contribution is 2.24. The predicted molar refractivity (Wildman–Crippen MR) is 76.7 cm³/mol. The predicted octanol–water partition coefficient (Wildman–Crippen LogP) is 4.44. The highest BCUT2D eigenvalue weighted by Gasteiger charge is 2.23. The van der Waals surface area contributed by atoms with Gasteiger partial charge >= 0.3 is 0 Å². The molecule has 0 saturated heterocycles. The molecule has 1 atom stereocenters. The molecule has 0 aliphatic rings. The van der Waals surface area contributed by atoms with Crippen LogP contribution < -0.4 is 0 Å². The quantitative estimate of drug-likeness (QED) is 0.696. The van der Waals surface area contributed by atoms with Crippen LogP contribution in [0.25, 0.3) is 0 Å². The molecule has 2 rings (SSSR count). The SMILES string of the molecule is CCC[S+](c1ccccc1)c1ccc(C)cc1. The molecule has 0 N–H and O–H groups in total. The Morgan fingerprint density at radius 2 is 1.41 bits per heavy atom. The number of rotatable bonds is 4. The smallest absolute Gasteiger partial charge is 0.0619 e. The van der Waals surface area contributed by atoms with Crippen LogP contribution in [0.15, 0.2) is 64.4 Å². The maximum atomic E-state index is 2.28. The van der Waals surface area contributed by atoms with E-state index in [4.69, 9.17) is 0 Å². The molecule has 2 aromatic rings. The molecule has 0 saturated carbocycles. The summed E-state index contributed by atoms with van der Waals surface area (Å²) in [6.45, 7) is 4.40. The summed E-state index contributed by atoms with van der Waals surface area (Å²) in [7, 11) is 0.240. The zero-order chi connectivity index (χ0) is 12.1. The number of aryl methyl sites for hydroxylation is 1. The van der Waals surface area contributed by atoms with Crippen LogP contribution >= 0.6 is 0 Å². The molecule has 88 valence electrons. The van der Waals surface area contributed by atoms with Crippen molar-refractivity contribution >= 4 is 10.9 Å². The van der Waals surface area contributed by atoms with E-state index >= 15 is 0 Å². The fourth-order valence-electron chi connectivity index (χ4n) is 1.86. The average molecular weight is 243 g/mol. The van der Waals surface area contributed by atoms with Gasteiger partial charge in [0.25, 0.3) is 0 Å². The van der Waals surface area contributed by atoms with E-state index in [1.54, 1.807) is 0 Å². The third kappa shape index (κ3) is 3.13. The van der Waals surface area contributed by atoms with E-state index < -0.39 is 0 Å². The van der Waals surface area contributed by atoms with Crippen molar-refractivity contribution in [3.8, 4) is 0 Å². The van der Waals surface area contributed by atoms with E-state index in [1.807, 2.05) is 0 Å². The number of benzene rings is 2. The number of hydrogen-bond acceptors (Lipinski definition) is 0. The summed E-state index contributed by atoms with van der Waals surface area (Å²) in [6, 6.07) is 19.9. The molecule has 0 aromatic heterocycles. The first-order chi connectivity index (χ1) is 8.31. The third-order valence-corrected chi connectivity index (χ3v) is 5.24. The maximum absolute atomic E-state index is 2.28. The Kier molecular flexibility index (Phi) is 4.27. The van der Waals surface area contributed by atoms with Gasteiger partial charge in [-0.2, -0.15) is 0 Å². The Bertz CT molecular complexity index is 445. The lowest BCUT2D eigenvalue weighted by molar-refractivity contribution is 1.09. The Morgan fingerprint density at radius 3 is 2.00 bits per heavy atom. The molecule has 0 fully saturated rings. The molecule has 0 aliphatic carbocycles. The largest absolute Gasteiger partial charge is 0.160 e.